The Hall–Kier alpha value is -0.960. The molecule has 0 amide bonds. The first-order valence-corrected chi connectivity index (χ1v) is 3.79. The minimum absolute atomic E-state index is 0.117. The highest BCUT2D eigenvalue weighted by Gasteiger charge is 2.11. The lowest BCUT2D eigenvalue weighted by Crippen LogP contribution is -2.14. The van der Waals surface area contributed by atoms with E-state index in [1.54, 1.807) is 19.2 Å². The molecule has 1 N–H and O–H groups in total. The Morgan fingerprint density at radius 3 is 2.67 bits per heavy atom. The zero-order valence-electron chi connectivity index (χ0n) is 6.85. The molecule has 0 aliphatic rings. The van der Waals surface area contributed by atoms with Crippen LogP contribution >= 0.6 is 0 Å². The SMILES string of the molecule is CNCC(F)c1ccccc1F. The molecule has 1 rings (SSSR count). The molecule has 0 heterocycles. The molecule has 0 saturated heterocycles. The Balaban J connectivity index is 2.79. The molecular formula is C9H11F2N. The number of hydrogen-bond acceptors (Lipinski definition) is 1. The van der Waals surface area contributed by atoms with Crippen molar-refractivity contribution in [2.75, 3.05) is 13.6 Å². The number of halogens is 2. The van der Waals surface area contributed by atoms with E-state index in [1.165, 1.54) is 12.1 Å². The fourth-order valence-electron chi connectivity index (χ4n) is 1.02. The van der Waals surface area contributed by atoms with Gasteiger partial charge in [0, 0.05) is 12.1 Å². The fraction of sp³-hybridized carbons (Fsp3) is 0.333. The molecule has 1 nitrogen and oxygen atoms in total. The minimum atomic E-state index is -1.27. The lowest BCUT2D eigenvalue weighted by atomic mass is 10.1. The molecule has 0 bridgehead atoms. The van der Waals surface area contributed by atoms with E-state index in [0.29, 0.717) is 0 Å². The van der Waals surface area contributed by atoms with Gasteiger partial charge in [0.1, 0.15) is 12.0 Å². The van der Waals surface area contributed by atoms with Crippen LogP contribution in [0.3, 0.4) is 0 Å². The van der Waals surface area contributed by atoms with Gasteiger partial charge in [0.15, 0.2) is 0 Å². The van der Waals surface area contributed by atoms with Gasteiger partial charge in [-0.15, -0.1) is 0 Å². The third-order valence-corrected chi connectivity index (χ3v) is 1.63. The topological polar surface area (TPSA) is 12.0 Å². The van der Waals surface area contributed by atoms with E-state index in [4.69, 9.17) is 0 Å². The summed E-state index contributed by atoms with van der Waals surface area (Å²) in [5.74, 6) is -0.486. The van der Waals surface area contributed by atoms with Crippen molar-refractivity contribution in [3.63, 3.8) is 0 Å². The largest absolute Gasteiger partial charge is 0.317 e. The van der Waals surface area contributed by atoms with Crippen LogP contribution < -0.4 is 5.32 Å². The summed E-state index contributed by atoms with van der Waals surface area (Å²) in [4.78, 5) is 0. The predicted molar refractivity (Wildman–Crippen MR) is 44.2 cm³/mol. The lowest BCUT2D eigenvalue weighted by Gasteiger charge is -2.07. The summed E-state index contributed by atoms with van der Waals surface area (Å²) in [5, 5.41) is 2.65. The Morgan fingerprint density at radius 1 is 1.42 bits per heavy atom. The first kappa shape index (κ1) is 9.13. The number of alkyl halides is 1. The van der Waals surface area contributed by atoms with Gasteiger partial charge in [-0.3, -0.25) is 0 Å². The summed E-state index contributed by atoms with van der Waals surface area (Å²) in [6.45, 7) is 0.140. The highest BCUT2D eigenvalue weighted by Crippen LogP contribution is 2.18. The van der Waals surface area contributed by atoms with Crippen molar-refractivity contribution in [2.24, 2.45) is 0 Å². The molecule has 1 aromatic rings. The summed E-state index contributed by atoms with van der Waals surface area (Å²) in [6.07, 6.45) is -1.27. The highest BCUT2D eigenvalue weighted by molar-refractivity contribution is 5.19. The summed E-state index contributed by atoms with van der Waals surface area (Å²) >= 11 is 0. The highest BCUT2D eigenvalue weighted by atomic mass is 19.1. The third-order valence-electron chi connectivity index (χ3n) is 1.63. The number of likely N-dealkylation sites (N-methyl/N-ethyl adjacent to an activating group) is 1. The Morgan fingerprint density at radius 2 is 2.08 bits per heavy atom. The van der Waals surface area contributed by atoms with E-state index in [1.807, 2.05) is 0 Å². The van der Waals surface area contributed by atoms with Gasteiger partial charge in [-0.2, -0.15) is 0 Å². The first-order chi connectivity index (χ1) is 5.75. The van der Waals surface area contributed by atoms with Crippen LogP contribution in [0.2, 0.25) is 0 Å². The van der Waals surface area contributed by atoms with Gasteiger partial charge < -0.3 is 5.32 Å². The molecule has 0 aliphatic heterocycles. The second-order valence-electron chi connectivity index (χ2n) is 2.55. The quantitative estimate of drug-likeness (QED) is 0.734. The van der Waals surface area contributed by atoms with Crippen molar-refractivity contribution >= 4 is 0 Å². The standard InChI is InChI=1S/C9H11F2N/c1-12-6-9(11)7-4-2-3-5-8(7)10/h2-5,9,12H,6H2,1H3. The van der Waals surface area contributed by atoms with Gasteiger partial charge in [0.25, 0.3) is 0 Å². The van der Waals surface area contributed by atoms with Gasteiger partial charge in [-0.1, -0.05) is 18.2 Å². The molecule has 1 aromatic carbocycles. The van der Waals surface area contributed by atoms with E-state index in [-0.39, 0.29) is 12.1 Å². The number of nitrogens with one attached hydrogen (secondary N) is 1. The minimum Gasteiger partial charge on any atom is -0.317 e. The van der Waals surface area contributed by atoms with Crippen LogP contribution in [-0.4, -0.2) is 13.6 Å². The summed E-state index contributed by atoms with van der Waals surface area (Å²) in [5.41, 5.74) is 0.117. The van der Waals surface area contributed by atoms with Gasteiger partial charge in [0.05, 0.1) is 0 Å². The van der Waals surface area contributed by atoms with Crippen LogP contribution in [0.25, 0.3) is 0 Å². The average Bonchev–Trinajstić information content (AvgIpc) is 2.05. The molecule has 1 atom stereocenters. The van der Waals surface area contributed by atoms with E-state index in [2.05, 4.69) is 5.32 Å². The fourth-order valence-corrected chi connectivity index (χ4v) is 1.02. The normalized spacial score (nSPS) is 12.9. The lowest BCUT2D eigenvalue weighted by molar-refractivity contribution is 0.325. The molecule has 0 fully saturated rings. The molecule has 0 aliphatic carbocycles. The zero-order chi connectivity index (χ0) is 8.97. The van der Waals surface area contributed by atoms with Crippen molar-refractivity contribution in [2.45, 2.75) is 6.17 Å². The first-order valence-electron chi connectivity index (χ1n) is 3.79. The van der Waals surface area contributed by atoms with Crippen LogP contribution in [0.15, 0.2) is 24.3 Å². The van der Waals surface area contributed by atoms with Crippen molar-refractivity contribution in [3.8, 4) is 0 Å². The Labute approximate surface area is 70.4 Å². The molecule has 0 saturated carbocycles. The van der Waals surface area contributed by atoms with Crippen LogP contribution in [-0.2, 0) is 0 Å². The second kappa shape index (κ2) is 4.16. The number of hydrogen-bond donors (Lipinski definition) is 1. The molecular weight excluding hydrogens is 160 g/mol. The van der Waals surface area contributed by atoms with Gasteiger partial charge >= 0.3 is 0 Å². The molecule has 3 heteroatoms. The molecule has 0 aromatic heterocycles. The molecule has 0 spiro atoms. The number of benzene rings is 1. The van der Waals surface area contributed by atoms with E-state index in [0.717, 1.165) is 0 Å². The maximum atomic E-state index is 13.1. The smallest absolute Gasteiger partial charge is 0.140 e. The van der Waals surface area contributed by atoms with Crippen molar-refractivity contribution in [3.05, 3.63) is 35.6 Å². The molecule has 1 unspecified atom stereocenters. The van der Waals surface area contributed by atoms with Crippen LogP contribution in [0.5, 0.6) is 0 Å². The van der Waals surface area contributed by atoms with Crippen LogP contribution in [0, 0.1) is 5.82 Å². The molecule has 66 valence electrons. The molecule has 12 heavy (non-hydrogen) atoms. The van der Waals surface area contributed by atoms with Crippen molar-refractivity contribution < 1.29 is 8.78 Å². The second-order valence-corrected chi connectivity index (χ2v) is 2.55. The van der Waals surface area contributed by atoms with Gasteiger partial charge in [-0.05, 0) is 13.1 Å². The summed E-state index contributed by atoms with van der Waals surface area (Å²) in [6, 6.07) is 5.89. The van der Waals surface area contributed by atoms with Crippen molar-refractivity contribution in [1.29, 1.82) is 0 Å². The Kier molecular flexibility index (Phi) is 3.17. The van der Waals surface area contributed by atoms with Crippen LogP contribution in [0.4, 0.5) is 8.78 Å². The predicted octanol–water partition coefficient (Wildman–Crippen LogP) is 2.06. The van der Waals surface area contributed by atoms with Gasteiger partial charge in [0.2, 0.25) is 0 Å². The molecule has 0 radical (unpaired) electrons. The summed E-state index contributed by atoms with van der Waals surface area (Å²) < 4.78 is 26.0. The van der Waals surface area contributed by atoms with E-state index >= 15 is 0 Å². The zero-order valence-corrected chi connectivity index (χ0v) is 6.85. The summed E-state index contributed by atoms with van der Waals surface area (Å²) in [7, 11) is 1.63. The third kappa shape index (κ3) is 2.01. The maximum Gasteiger partial charge on any atom is 0.140 e. The number of rotatable bonds is 3. The maximum absolute atomic E-state index is 13.1. The van der Waals surface area contributed by atoms with Crippen LogP contribution in [0.1, 0.15) is 11.7 Å². The van der Waals surface area contributed by atoms with Gasteiger partial charge in [-0.25, -0.2) is 8.78 Å². The van der Waals surface area contributed by atoms with Crippen molar-refractivity contribution in [1.82, 2.24) is 5.32 Å². The Bertz CT molecular complexity index is 250. The average molecular weight is 171 g/mol. The van der Waals surface area contributed by atoms with E-state index < -0.39 is 12.0 Å². The van der Waals surface area contributed by atoms with E-state index in [9.17, 15) is 8.78 Å². The monoisotopic (exact) mass is 171 g/mol.